The van der Waals surface area contributed by atoms with Gasteiger partial charge in [-0.25, -0.2) is 33.1 Å². The maximum Gasteiger partial charge on any atom is 0.328 e. The van der Waals surface area contributed by atoms with Crippen LogP contribution in [-0.2, 0) is 39.3 Å². The number of methoxy groups -OCH3 is 3. The summed E-state index contributed by atoms with van der Waals surface area (Å²) >= 11 is 0.836. The Balaban J connectivity index is 1.80. The van der Waals surface area contributed by atoms with Crippen LogP contribution in [0.2, 0.25) is 0 Å². The van der Waals surface area contributed by atoms with E-state index in [-0.39, 0.29) is 50.1 Å². The number of thioether (sulfide) groups is 1. The molecule has 0 aliphatic heterocycles. The first kappa shape index (κ1) is 37.5. The van der Waals surface area contributed by atoms with Crippen LogP contribution < -0.4 is 19.5 Å². The number of amides is 1. The second-order valence-corrected chi connectivity index (χ2v) is 14.1. The SMILES string of the molecule is COC(=O)C[C@H](NC(=O)CSc1nc(-c2ncccn2)nc(NS(=O)(=O)c2ccc(C(C)(C)C)cc2)c1Oc1ccccc1OC)C(=O)OC. The summed E-state index contributed by atoms with van der Waals surface area (Å²) in [5.41, 5.74) is 0.720. The van der Waals surface area contributed by atoms with Gasteiger partial charge in [0.1, 0.15) is 11.1 Å². The third-order valence-electron chi connectivity index (χ3n) is 6.90. The second kappa shape index (κ2) is 16.4. The van der Waals surface area contributed by atoms with Gasteiger partial charge in [-0.15, -0.1) is 0 Å². The molecule has 0 spiro atoms. The zero-order valence-electron chi connectivity index (χ0n) is 28.1. The Hall–Kier alpha value is -5.29. The van der Waals surface area contributed by atoms with Crippen molar-refractivity contribution < 1.29 is 41.7 Å². The molecule has 1 amide bonds. The Morgan fingerprint density at radius 1 is 0.860 bits per heavy atom. The van der Waals surface area contributed by atoms with E-state index in [4.69, 9.17) is 14.2 Å². The molecule has 0 aliphatic carbocycles. The zero-order valence-corrected chi connectivity index (χ0v) is 29.8. The number of sulfonamides is 1. The highest BCUT2D eigenvalue weighted by atomic mass is 32.2. The van der Waals surface area contributed by atoms with Crippen molar-refractivity contribution in [2.75, 3.05) is 31.8 Å². The van der Waals surface area contributed by atoms with Crippen LogP contribution in [0.5, 0.6) is 17.2 Å². The molecule has 2 heterocycles. The summed E-state index contributed by atoms with van der Waals surface area (Å²) in [7, 11) is -0.574. The Morgan fingerprint density at radius 2 is 1.52 bits per heavy atom. The predicted octanol–water partition coefficient (Wildman–Crippen LogP) is 4.15. The van der Waals surface area contributed by atoms with Crippen molar-refractivity contribution in [1.29, 1.82) is 0 Å². The molecule has 0 unspecified atom stereocenters. The van der Waals surface area contributed by atoms with Crippen molar-refractivity contribution in [1.82, 2.24) is 25.3 Å². The number of ether oxygens (including phenoxy) is 4. The van der Waals surface area contributed by atoms with E-state index in [1.807, 2.05) is 20.8 Å². The smallest absolute Gasteiger partial charge is 0.328 e. The first-order valence-electron chi connectivity index (χ1n) is 15.0. The van der Waals surface area contributed by atoms with Crippen molar-refractivity contribution in [3.8, 4) is 28.9 Å². The number of aromatic nitrogens is 4. The van der Waals surface area contributed by atoms with Crippen LogP contribution in [0.15, 0.2) is 76.9 Å². The molecule has 0 radical (unpaired) electrons. The number of carbonyl (C=O) groups is 3. The highest BCUT2D eigenvalue weighted by Gasteiger charge is 2.28. The van der Waals surface area contributed by atoms with E-state index in [1.165, 1.54) is 31.6 Å². The molecule has 0 fully saturated rings. The molecule has 2 aromatic carbocycles. The first-order chi connectivity index (χ1) is 23.7. The Bertz CT molecular complexity index is 1940. The first-order valence-corrected chi connectivity index (χ1v) is 17.4. The Labute approximate surface area is 293 Å². The summed E-state index contributed by atoms with van der Waals surface area (Å²) < 4.78 is 51.1. The Morgan fingerprint density at radius 3 is 2.12 bits per heavy atom. The quantitative estimate of drug-likeness (QED) is 0.107. The Kier molecular flexibility index (Phi) is 12.3. The number of nitrogens with zero attached hydrogens (tertiary/aromatic N) is 4. The van der Waals surface area contributed by atoms with Crippen LogP contribution in [0.4, 0.5) is 5.82 Å². The van der Waals surface area contributed by atoms with E-state index in [1.54, 1.807) is 42.5 Å². The number of benzene rings is 2. The van der Waals surface area contributed by atoms with Gasteiger partial charge in [-0.1, -0.05) is 56.8 Å². The third kappa shape index (κ3) is 9.66. The van der Waals surface area contributed by atoms with Gasteiger partial charge < -0.3 is 24.3 Å². The molecule has 0 aliphatic rings. The summed E-state index contributed by atoms with van der Waals surface area (Å²) in [5, 5.41) is 2.46. The lowest BCUT2D eigenvalue weighted by Gasteiger charge is -2.20. The highest BCUT2D eigenvalue weighted by molar-refractivity contribution is 8.00. The molecule has 50 heavy (non-hydrogen) atoms. The number of hydrogen-bond acceptors (Lipinski definition) is 14. The van der Waals surface area contributed by atoms with Gasteiger partial charge in [-0.3, -0.25) is 14.3 Å². The fourth-order valence-corrected chi connectivity index (χ4v) is 6.07. The van der Waals surface area contributed by atoms with Crippen LogP contribution in [0, 0.1) is 0 Å². The lowest BCUT2D eigenvalue weighted by atomic mass is 9.87. The minimum atomic E-state index is -4.27. The lowest BCUT2D eigenvalue weighted by Crippen LogP contribution is -2.43. The van der Waals surface area contributed by atoms with Crippen molar-refractivity contribution in [3.05, 3.63) is 72.6 Å². The number of hydrogen-bond donors (Lipinski definition) is 2. The third-order valence-corrected chi connectivity index (χ3v) is 9.21. The molecular formula is C33H36N6O9S2. The molecule has 15 nitrogen and oxygen atoms in total. The van der Waals surface area contributed by atoms with E-state index in [0.29, 0.717) is 5.75 Å². The highest BCUT2D eigenvalue weighted by Crippen LogP contribution is 2.41. The van der Waals surface area contributed by atoms with Gasteiger partial charge >= 0.3 is 11.9 Å². The molecule has 17 heteroatoms. The molecule has 4 aromatic rings. The van der Waals surface area contributed by atoms with E-state index in [0.717, 1.165) is 31.5 Å². The molecule has 4 rings (SSSR count). The molecule has 0 saturated heterocycles. The summed E-state index contributed by atoms with van der Waals surface area (Å²) in [6.07, 6.45) is 2.45. The van der Waals surface area contributed by atoms with Crippen LogP contribution >= 0.6 is 11.8 Å². The van der Waals surface area contributed by atoms with Gasteiger partial charge in [0.05, 0.1) is 38.4 Å². The summed E-state index contributed by atoms with van der Waals surface area (Å²) in [6.45, 7) is 6.04. The fourth-order valence-electron chi connectivity index (χ4n) is 4.29. The van der Waals surface area contributed by atoms with Crippen molar-refractivity contribution in [2.45, 2.75) is 48.6 Å². The van der Waals surface area contributed by atoms with Gasteiger partial charge in [-0.2, -0.15) is 0 Å². The van der Waals surface area contributed by atoms with Crippen LogP contribution in [0.1, 0.15) is 32.8 Å². The van der Waals surface area contributed by atoms with Crippen LogP contribution in [0.3, 0.4) is 0 Å². The van der Waals surface area contributed by atoms with Crippen LogP contribution in [-0.4, -0.2) is 79.3 Å². The molecule has 1 atom stereocenters. The number of anilines is 1. The molecule has 2 aromatic heterocycles. The summed E-state index contributed by atoms with van der Waals surface area (Å²) in [6, 6.07) is 13.3. The minimum absolute atomic E-state index is 0.00637. The number of carbonyl (C=O) groups excluding carboxylic acids is 3. The summed E-state index contributed by atoms with van der Waals surface area (Å²) in [5.74, 6) is -2.63. The average Bonchev–Trinajstić information content (AvgIpc) is 3.11. The van der Waals surface area contributed by atoms with Crippen molar-refractivity contribution in [2.24, 2.45) is 0 Å². The van der Waals surface area contributed by atoms with Gasteiger partial charge in [-0.05, 0) is 41.3 Å². The number of rotatable bonds is 14. The molecule has 0 bridgehead atoms. The largest absolute Gasteiger partial charge is 0.493 e. The number of nitrogens with one attached hydrogen (secondary N) is 2. The topological polar surface area (TPSA) is 198 Å². The van der Waals surface area contributed by atoms with E-state index in [2.05, 4.69) is 34.7 Å². The van der Waals surface area contributed by atoms with Crippen molar-refractivity contribution in [3.63, 3.8) is 0 Å². The van der Waals surface area contributed by atoms with E-state index < -0.39 is 40.3 Å². The summed E-state index contributed by atoms with van der Waals surface area (Å²) in [4.78, 5) is 54.6. The standard InChI is InChI=1S/C33H36N6O9S2/c1-33(2,3)20-12-14-21(15-13-20)50(43,44)39-28-27(48-24-11-8-7-10-23(24)45-4)31(38-30(37-28)29-34-16-9-17-35-29)49-19-25(40)36-22(32(42)47-6)18-26(41)46-5/h7-17,22H,18-19H2,1-6H3,(H,36,40)(H,37,38,39)/t22-/m0/s1. The normalized spacial score (nSPS) is 12.0. The monoisotopic (exact) mass is 724 g/mol. The van der Waals surface area contributed by atoms with Gasteiger partial charge in [0.2, 0.25) is 17.5 Å². The second-order valence-electron chi connectivity index (χ2n) is 11.4. The van der Waals surface area contributed by atoms with E-state index >= 15 is 0 Å². The molecule has 2 N–H and O–H groups in total. The van der Waals surface area contributed by atoms with Crippen LogP contribution in [0.25, 0.3) is 11.6 Å². The fraction of sp³-hybridized carbons (Fsp3) is 0.303. The average molecular weight is 725 g/mol. The number of esters is 2. The minimum Gasteiger partial charge on any atom is -0.493 e. The molecule has 0 saturated carbocycles. The predicted molar refractivity (Wildman–Crippen MR) is 183 cm³/mol. The van der Waals surface area contributed by atoms with E-state index in [9.17, 15) is 22.8 Å². The number of para-hydroxylation sites is 2. The molecular weight excluding hydrogens is 689 g/mol. The molecule has 264 valence electrons. The van der Waals surface area contributed by atoms with Gasteiger partial charge in [0, 0.05) is 12.4 Å². The maximum atomic E-state index is 13.8. The van der Waals surface area contributed by atoms with Crippen molar-refractivity contribution >= 4 is 45.4 Å². The zero-order chi connectivity index (χ0) is 36.5. The lowest BCUT2D eigenvalue weighted by molar-refractivity contribution is -0.150. The van der Waals surface area contributed by atoms with Gasteiger partial charge in [0.15, 0.2) is 23.1 Å². The maximum absolute atomic E-state index is 13.8. The van der Waals surface area contributed by atoms with Gasteiger partial charge in [0.25, 0.3) is 10.0 Å².